The number of anilines is 3. The molecular weight excluding hydrogens is 382 g/mol. The van der Waals surface area contributed by atoms with Crippen LogP contribution in [0.3, 0.4) is 0 Å². The molecule has 0 aliphatic carbocycles. The van der Waals surface area contributed by atoms with Crippen molar-refractivity contribution < 1.29 is 19.4 Å². The molecule has 0 bridgehead atoms. The van der Waals surface area contributed by atoms with Gasteiger partial charge in [0.1, 0.15) is 5.70 Å². The molecule has 0 aromatic heterocycles. The maximum atomic E-state index is 12.7. The third-order valence-corrected chi connectivity index (χ3v) is 4.52. The number of hydrogen-bond donors (Lipinski definition) is 3. The lowest BCUT2D eigenvalue weighted by Crippen LogP contribution is -2.31. The van der Waals surface area contributed by atoms with Crippen LogP contribution in [0.1, 0.15) is 0 Å². The van der Waals surface area contributed by atoms with Crippen molar-refractivity contribution in [3.8, 4) is 0 Å². The van der Waals surface area contributed by atoms with Gasteiger partial charge in [-0.3, -0.25) is 4.79 Å². The molecule has 7 nitrogen and oxygen atoms in total. The van der Waals surface area contributed by atoms with Crippen molar-refractivity contribution in [2.45, 2.75) is 0 Å². The summed E-state index contributed by atoms with van der Waals surface area (Å²) in [6.07, 6.45) is 0. The Bertz CT molecular complexity index is 912. The second-order valence-corrected chi connectivity index (χ2v) is 6.53. The highest BCUT2D eigenvalue weighted by atomic mass is 35.5. The Balaban J connectivity index is 1.90. The molecule has 0 unspecified atom stereocenters. The van der Waals surface area contributed by atoms with Crippen LogP contribution in [-0.2, 0) is 14.3 Å². The van der Waals surface area contributed by atoms with Gasteiger partial charge in [0, 0.05) is 17.3 Å². The van der Waals surface area contributed by atoms with Crippen molar-refractivity contribution in [3.05, 3.63) is 64.8 Å². The van der Waals surface area contributed by atoms with Crippen LogP contribution in [0.25, 0.3) is 0 Å². The van der Waals surface area contributed by atoms with E-state index < -0.39 is 5.97 Å². The first-order chi connectivity index (χ1) is 13.5. The van der Waals surface area contributed by atoms with E-state index >= 15 is 0 Å². The van der Waals surface area contributed by atoms with E-state index in [1.54, 1.807) is 18.2 Å². The molecule has 1 aliphatic rings. The standard InChI is InChI=1S/C20H20ClN3O4/c1-28-20(27)15-12-24(10-11-25)19(26)18(15)23-17-5-3-2-4-16(17)22-14-8-6-13(21)7-9-14/h2-9,22-23,25H,10-12H2,1H3. The van der Waals surface area contributed by atoms with Crippen LogP contribution in [-0.4, -0.2) is 48.7 Å². The number of nitrogens with zero attached hydrogens (tertiary/aromatic N) is 1. The maximum absolute atomic E-state index is 12.7. The number of ether oxygens (including phenoxy) is 1. The smallest absolute Gasteiger partial charge is 0.337 e. The number of aliphatic hydroxyl groups is 1. The highest BCUT2D eigenvalue weighted by Crippen LogP contribution is 2.30. The number of carbonyl (C=O) groups is 2. The third kappa shape index (κ3) is 4.27. The van der Waals surface area contributed by atoms with Gasteiger partial charge < -0.3 is 25.4 Å². The highest BCUT2D eigenvalue weighted by molar-refractivity contribution is 6.30. The summed E-state index contributed by atoms with van der Waals surface area (Å²) in [7, 11) is 1.27. The Morgan fingerprint density at radius 2 is 1.79 bits per heavy atom. The molecule has 0 atom stereocenters. The van der Waals surface area contributed by atoms with Crippen molar-refractivity contribution in [2.24, 2.45) is 0 Å². The van der Waals surface area contributed by atoms with E-state index in [1.807, 2.05) is 30.3 Å². The molecule has 28 heavy (non-hydrogen) atoms. The van der Waals surface area contributed by atoms with Gasteiger partial charge in [-0.05, 0) is 36.4 Å². The number of benzene rings is 2. The van der Waals surface area contributed by atoms with Gasteiger partial charge in [-0.2, -0.15) is 0 Å². The molecule has 0 saturated heterocycles. The normalized spacial score (nSPS) is 13.7. The first kappa shape index (κ1) is 19.7. The molecule has 0 fully saturated rings. The van der Waals surface area contributed by atoms with Crippen molar-refractivity contribution in [2.75, 3.05) is 37.4 Å². The van der Waals surface area contributed by atoms with Gasteiger partial charge in [-0.1, -0.05) is 23.7 Å². The average molecular weight is 402 g/mol. The Morgan fingerprint density at radius 1 is 1.14 bits per heavy atom. The summed E-state index contributed by atoms with van der Waals surface area (Å²) in [6.45, 7) is 0.0263. The fourth-order valence-corrected chi connectivity index (χ4v) is 3.00. The van der Waals surface area contributed by atoms with Crippen LogP contribution in [0, 0.1) is 0 Å². The monoisotopic (exact) mass is 401 g/mol. The largest absolute Gasteiger partial charge is 0.466 e. The van der Waals surface area contributed by atoms with Gasteiger partial charge in [0.05, 0.1) is 37.2 Å². The number of halogens is 1. The number of hydrogen-bond acceptors (Lipinski definition) is 6. The fraction of sp³-hybridized carbons (Fsp3) is 0.200. The van der Waals surface area contributed by atoms with Crippen LogP contribution in [0.4, 0.5) is 17.1 Å². The van der Waals surface area contributed by atoms with E-state index in [0.717, 1.165) is 11.4 Å². The number of amides is 1. The number of esters is 1. The quantitative estimate of drug-likeness (QED) is 0.618. The molecule has 3 rings (SSSR count). The van der Waals surface area contributed by atoms with Crippen molar-refractivity contribution >= 4 is 40.5 Å². The molecule has 1 aliphatic heterocycles. The summed E-state index contributed by atoms with van der Waals surface area (Å²) in [4.78, 5) is 26.2. The molecule has 2 aromatic rings. The maximum Gasteiger partial charge on any atom is 0.337 e. The van der Waals surface area contributed by atoms with Crippen LogP contribution >= 0.6 is 11.6 Å². The molecule has 0 saturated carbocycles. The van der Waals surface area contributed by atoms with Crippen molar-refractivity contribution in [1.29, 1.82) is 0 Å². The van der Waals surface area contributed by atoms with Crippen LogP contribution in [0.5, 0.6) is 0 Å². The van der Waals surface area contributed by atoms with Gasteiger partial charge in [0.25, 0.3) is 5.91 Å². The van der Waals surface area contributed by atoms with E-state index in [2.05, 4.69) is 10.6 Å². The second kappa shape index (κ2) is 8.77. The molecular formula is C20H20ClN3O4. The summed E-state index contributed by atoms with van der Waals surface area (Å²) < 4.78 is 4.81. The van der Waals surface area contributed by atoms with Gasteiger partial charge in [-0.25, -0.2) is 4.79 Å². The predicted molar refractivity (Wildman–Crippen MR) is 108 cm³/mol. The molecule has 0 spiro atoms. The van der Waals surface area contributed by atoms with Gasteiger partial charge >= 0.3 is 5.97 Å². The number of β-amino-alcohol motifs (C(OH)–C–C–N with tert-alkyl or cyclic N) is 1. The van der Waals surface area contributed by atoms with Crippen LogP contribution in [0.15, 0.2) is 59.8 Å². The molecule has 1 amide bonds. The lowest BCUT2D eigenvalue weighted by molar-refractivity contribution is -0.136. The van der Waals surface area contributed by atoms with Crippen molar-refractivity contribution in [1.82, 2.24) is 4.90 Å². The van der Waals surface area contributed by atoms with E-state index in [4.69, 9.17) is 21.4 Å². The minimum atomic E-state index is -0.584. The zero-order valence-electron chi connectivity index (χ0n) is 15.2. The number of para-hydroxylation sites is 2. The zero-order valence-corrected chi connectivity index (χ0v) is 16.0. The van der Waals surface area contributed by atoms with Crippen LogP contribution < -0.4 is 10.6 Å². The molecule has 1 heterocycles. The SMILES string of the molecule is COC(=O)C1=C(Nc2ccccc2Nc2ccc(Cl)cc2)C(=O)N(CCO)C1. The number of methoxy groups -OCH3 is 1. The van der Waals surface area contributed by atoms with Gasteiger partial charge in [0.2, 0.25) is 0 Å². The van der Waals surface area contributed by atoms with Gasteiger partial charge in [0.15, 0.2) is 0 Å². The molecule has 0 radical (unpaired) electrons. The zero-order chi connectivity index (χ0) is 20.1. The second-order valence-electron chi connectivity index (χ2n) is 6.10. The fourth-order valence-electron chi connectivity index (χ4n) is 2.87. The summed E-state index contributed by atoms with van der Waals surface area (Å²) in [5, 5.41) is 16.1. The summed E-state index contributed by atoms with van der Waals surface area (Å²) in [5.41, 5.74) is 2.52. The number of aliphatic hydroxyl groups excluding tert-OH is 1. The molecule has 8 heteroatoms. The van der Waals surface area contributed by atoms with E-state index in [9.17, 15) is 9.59 Å². The topological polar surface area (TPSA) is 90.9 Å². The lowest BCUT2D eigenvalue weighted by atomic mass is 10.2. The number of nitrogens with one attached hydrogen (secondary N) is 2. The van der Waals surface area contributed by atoms with Crippen LogP contribution in [0.2, 0.25) is 5.02 Å². The highest BCUT2D eigenvalue weighted by Gasteiger charge is 2.34. The van der Waals surface area contributed by atoms with Gasteiger partial charge in [-0.15, -0.1) is 0 Å². The minimum absolute atomic E-state index is 0.0845. The van der Waals surface area contributed by atoms with E-state index in [1.165, 1.54) is 12.0 Å². The van der Waals surface area contributed by atoms with Crippen molar-refractivity contribution in [3.63, 3.8) is 0 Å². The Morgan fingerprint density at radius 3 is 2.39 bits per heavy atom. The summed E-state index contributed by atoms with van der Waals surface area (Å²) >= 11 is 5.92. The number of rotatable bonds is 7. The Kier molecular flexibility index (Phi) is 6.18. The minimum Gasteiger partial charge on any atom is -0.466 e. The third-order valence-electron chi connectivity index (χ3n) is 4.26. The van der Waals surface area contributed by atoms with E-state index in [-0.39, 0.29) is 36.9 Å². The average Bonchev–Trinajstić information content (AvgIpc) is 3.01. The number of carbonyl (C=O) groups excluding carboxylic acids is 2. The Labute approximate surface area is 167 Å². The summed E-state index contributed by atoms with van der Waals surface area (Å²) in [6, 6.07) is 14.5. The molecule has 146 valence electrons. The van der Waals surface area contributed by atoms with E-state index in [0.29, 0.717) is 10.7 Å². The summed E-state index contributed by atoms with van der Waals surface area (Å²) in [5.74, 6) is -0.949. The lowest BCUT2D eigenvalue weighted by Gasteiger charge is -2.17. The first-order valence-electron chi connectivity index (χ1n) is 8.63. The Hall–Kier alpha value is -3.03. The first-order valence-corrected chi connectivity index (χ1v) is 9.01. The predicted octanol–water partition coefficient (Wildman–Crippen LogP) is 2.76. The molecule has 3 N–H and O–H groups in total. The molecule has 2 aromatic carbocycles.